The van der Waals surface area contributed by atoms with E-state index in [4.69, 9.17) is 0 Å². The molecule has 1 aliphatic heterocycles. The van der Waals surface area contributed by atoms with Crippen molar-refractivity contribution < 1.29 is 4.79 Å². The van der Waals surface area contributed by atoms with Gasteiger partial charge in [0.2, 0.25) is 0 Å². The topological polar surface area (TPSA) is 29.4 Å². The number of fused-ring (bicyclic) bond motifs is 1. The van der Waals surface area contributed by atoms with Gasteiger partial charge in [0.15, 0.2) is 0 Å². The van der Waals surface area contributed by atoms with E-state index in [-0.39, 0.29) is 5.91 Å². The molecule has 1 aromatic rings. The second-order valence-electron chi connectivity index (χ2n) is 3.63. The van der Waals surface area contributed by atoms with Crippen molar-refractivity contribution in [3.8, 4) is 0 Å². The maximum absolute atomic E-state index is 11.2. The van der Waals surface area contributed by atoms with Crippen molar-refractivity contribution in [1.82, 2.24) is 0 Å². The SMILES string of the molecule is O=C1N=Cc2cc(SC3CC3)ccc21. The zero-order valence-electron chi connectivity index (χ0n) is 7.56. The van der Waals surface area contributed by atoms with E-state index in [9.17, 15) is 4.79 Å². The maximum Gasteiger partial charge on any atom is 0.277 e. The van der Waals surface area contributed by atoms with Crippen LogP contribution in [0.1, 0.15) is 28.8 Å². The van der Waals surface area contributed by atoms with Crippen LogP contribution in [0.5, 0.6) is 0 Å². The minimum Gasteiger partial charge on any atom is -0.267 e. The van der Waals surface area contributed by atoms with Crippen molar-refractivity contribution in [2.45, 2.75) is 23.0 Å². The van der Waals surface area contributed by atoms with Crippen LogP contribution in [0.15, 0.2) is 28.1 Å². The van der Waals surface area contributed by atoms with Crippen LogP contribution in [0.2, 0.25) is 0 Å². The van der Waals surface area contributed by atoms with E-state index >= 15 is 0 Å². The first-order valence-electron chi connectivity index (χ1n) is 4.72. The summed E-state index contributed by atoms with van der Waals surface area (Å²) in [6, 6.07) is 5.97. The van der Waals surface area contributed by atoms with Gasteiger partial charge >= 0.3 is 0 Å². The van der Waals surface area contributed by atoms with Gasteiger partial charge in [0, 0.05) is 21.9 Å². The summed E-state index contributed by atoms with van der Waals surface area (Å²) in [5, 5.41) is 0.807. The number of aliphatic imine (C=N–C) groups is 1. The molecule has 0 saturated heterocycles. The molecule has 1 aliphatic carbocycles. The average molecular weight is 203 g/mol. The third-order valence-corrected chi connectivity index (χ3v) is 3.73. The Bertz CT molecular complexity index is 435. The largest absolute Gasteiger partial charge is 0.277 e. The molecule has 70 valence electrons. The highest BCUT2D eigenvalue weighted by molar-refractivity contribution is 8.00. The highest BCUT2D eigenvalue weighted by Crippen LogP contribution is 2.39. The van der Waals surface area contributed by atoms with Gasteiger partial charge in [0.25, 0.3) is 5.91 Å². The van der Waals surface area contributed by atoms with Crippen LogP contribution in [0, 0.1) is 0 Å². The molecule has 0 spiro atoms. The molecule has 1 saturated carbocycles. The van der Waals surface area contributed by atoms with Crippen molar-refractivity contribution in [3.63, 3.8) is 0 Å². The first-order chi connectivity index (χ1) is 6.83. The molecular formula is C11H9NOS. The van der Waals surface area contributed by atoms with Gasteiger partial charge in [0.1, 0.15) is 0 Å². The minimum atomic E-state index is -0.108. The Hall–Kier alpha value is -1.09. The van der Waals surface area contributed by atoms with Gasteiger partial charge < -0.3 is 0 Å². The van der Waals surface area contributed by atoms with Crippen LogP contribution < -0.4 is 0 Å². The highest BCUT2D eigenvalue weighted by Gasteiger charge is 2.23. The van der Waals surface area contributed by atoms with Crippen LogP contribution >= 0.6 is 11.8 Å². The van der Waals surface area contributed by atoms with E-state index in [2.05, 4.69) is 11.1 Å². The Balaban J connectivity index is 1.94. The molecule has 3 heteroatoms. The van der Waals surface area contributed by atoms with Crippen LogP contribution in [-0.2, 0) is 0 Å². The molecule has 2 nitrogen and oxygen atoms in total. The number of carbonyl (C=O) groups is 1. The molecule has 0 aromatic heterocycles. The van der Waals surface area contributed by atoms with Crippen molar-refractivity contribution in [2.75, 3.05) is 0 Å². The summed E-state index contributed by atoms with van der Waals surface area (Å²) in [5.41, 5.74) is 1.71. The molecule has 0 bridgehead atoms. The Morgan fingerprint density at radius 3 is 3.00 bits per heavy atom. The van der Waals surface area contributed by atoms with Gasteiger partial charge in [-0.25, -0.2) is 4.99 Å². The van der Waals surface area contributed by atoms with Gasteiger partial charge in [-0.05, 0) is 31.0 Å². The lowest BCUT2D eigenvalue weighted by Gasteiger charge is -2.01. The lowest BCUT2D eigenvalue weighted by atomic mass is 10.1. The third kappa shape index (κ3) is 1.38. The molecule has 1 amide bonds. The second kappa shape index (κ2) is 2.95. The molecule has 0 radical (unpaired) electrons. The van der Waals surface area contributed by atoms with Crippen molar-refractivity contribution in [2.24, 2.45) is 4.99 Å². The molecule has 0 atom stereocenters. The Labute approximate surface area is 86.4 Å². The molecule has 2 aliphatic rings. The molecule has 0 unspecified atom stereocenters. The summed E-state index contributed by atoms with van der Waals surface area (Å²) < 4.78 is 0. The van der Waals surface area contributed by atoms with Gasteiger partial charge in [-0.15, -0.1) is 11.8 Å². The van der Waals surface area contributed by atoms with E-state index < -0.39 is 0 Å². The molecule has 0 N–H and O–H groups in total. The summed E-state index contributed by atoms with van der Waals surface area (Å²) in [7, 11) is 0. The highest BCUT2D eigenvalue weighted by atomic mass is 32.2. The fourth-order valence-corrected chi connectivity index (χ4v) is 2.59. The average Bonchev–Trinajstić information content (AvgIpc) is 2.92. The number of nitrogens with zero attached hydrogens (tertiary/aromatic N) is 1. The van der Waals surface area contributed by atoms with E-state index in [1.165, 1.54) is 17.7 Å². The first kappa shape index (κ1) is 8.24. The monoisotopic (exact) mass is 203 g/mol. The second-order valence-corrected chi connectivity index (χ2v) is 5.00. The van der Waals surface area contributed by atoms with Crippen molar-refractivity contribution in [3.05, 3.63) is 29.3 Å². The van der Waals surface area contributed by atoms with E-state index in [0.717, 1.165) is 16.4 Å². The predicted octanol–water partition coefficient (Wildman–Crippen LogP) is 2.51. The van der Waals surface area contributed by atoms with Gasteiger partial charge in [-0.2, -0.15) is 0 Å². The van der Waals surface area contributed by atoms with Gasteiger partial charge in [0.05, 0.1) is 5.56 Å². The fourth-order valence-electron chi connectivity index (χ4n) is 1.49. The zero-order valence-corrected chi connectivity index (χ0v) is 8.38. The molecule has 1 aromatic carbocycles. The van der Waals surface area contributed by atoms with E-state index in [0.29, 0.717) is 0 Å². The summed E-state index contributed by atoms with van der Waals surface area (Å²) in [6.45, 7) is 0. The fraction of sp³-hybridized carbons (Fsp3) is 0.273. The van der Waals surface area contributed by atoms with Crippen LogP contribution in [-0.4, -0.2) is 17.4 Å². The Kier molecular flexibility index (Phi) is 1.74. The van der Waals surface area contributed by atoms with Crippen LogP contribution in [0.3, 0.4) is 0 Å². The van der Waals surface area contributed by atoms with Gasteiger partial charge in [-0.3, -0.25) is 4.79 Å². The quantitative estimate of drug-likeness (QED) is 0.739. The van der Waals surface area contributed by atoms with Crippen LogP contribution in [0.4, 0.5) is 0 Å². The summed E-state index contributed by atoms with van der Waals surface area (Å²) >= 11 is 1.90. The maximum atomic E-state index is 11.2. The number of rotatable bonds is 2. The van der Waals surface area contributed by atoms with E-state index in [1.54, 1.807) is 6.21 Å². The number of carbonyl (C=O) groups excluding carboxylic acids is 1. The molecule has 1 heterocycles. The normalized spacial score (nSPS) is 18.7. The van der Waals surface area contributed by atoms with Crippen LogP contribution in [0.25, 0.3) is 0 Å². The molecule has 14 heavy (non-hydrogen) atoms. The summed E-state index contributed by atoms with van der Waals surface area (Å²) in [4.78, 5) is 16.2. The lowest BCUT2D eigenvalue weighted by molar-refractivity contribution is 0.101. The molecular weight excluding hydrogens is 194 g/mol. The number of benzene rings is 1. The lowest BCUT2D eigenvalue weighted by Crippen LogP contribution is -1.91. The summed E-state index contributed by atoms with van der Waals surface area (Å²) in [5.74, 6) is -0.108. The number of amides is 1. The molecule has 1 fully saturated rings. The van der Waals surface area contributed by atoms with Crippen molar-refractivity contribution in [1.29, 1.82) is 0 Å². The summed E-state index contributed by atoms with van der Waals surface area (Å²) in [6.07, 6.45) is 4.32. The standard InChI is InChI=1S/C11H9NOS/c13-11-10-4-3-9(14-8-1-2-8)5-7(10)6-12-11/h3-6,8H,1-2H2. The predicted molar refractivity (Wildman–Crippen MR) is 57.2 cm³/mol. The zero-order chi connectivity index (χ0) is 9.54. The smallest absolute Gasteiger partial charge is 0.267 e. The number of thioether (sulfide) groups is 1. The Morgan fingerprint density at radius 2 is 2.21 bits per heavy atom. The number of hydrogen-bond acceptors (Lipinski definition) is 2. The van der Waals surface area contributed by atoms with E-state index in [1.807, 2.05) is 23.9 Å². The molecule has 3 rings (SSSR count). The minimum absolute atomic E-state index is 0.108. The number of hydrogen-bond donors (Lipinski definition) is 0. The third-order valence-electron chi connectivity index (χ3n) is 2.40. The first-order valence-corrected chi connectivity index (χ1v) is 5.60. The van der Waals surface area contributed by atoms with Crippen molar-refractivity contribution >= 4 is 23.9 Å². The van der Waals surface area contributed by atoms with Gasteiger partial charge in [-0.1, -0.05) is 0 Å². The Morgan fingerprint density at radius 1 is 1.36 bits per heavy atom.